The molecule has 33 heavy (non-hydrogen) atoms. The minimum atomic E-state index is -0.659. The van der Waals surface area contributed by atoms with Crippen LogP contribution < -0.4 is 10.1 Å². The first-order valence-electron chi connectivity index (χ1n) is 12.2. The van der Waals surface area contributed by atoms with E-state index in [9.17, 15) is 14.4 Å². The summed E-state index contributed by atoms with van der Waals surface area (Å²) in [5.74, 6) is -0.371. The fraction of sp³-hybridized carbons (Fsp3) is 0.400. The second kappa shape index (κ2) is 9.33. The molecule has 8 nitrogen and oxygen atoms in total. The Hall–Kier alpha value is -3.23. The second-order valence-electron chi connectivity index (χ2n) is 8.40. The summed E-state index contributed by atoms with van der Waals surface area (Å²) in [5, 5.41) is 2.32. The highest BCUT2D eigenvalue weighted by Crippen LogP contribution is 2.34. The summed E-state index contributed by atoms with van der Waals surface area (Å²) in [6.07, 6.45) is 0.536. The summed E-state index contributed by atoms with van der Waals surface area (Å²) < 4.78 is 27.1. The molecule has 0 aliphatic carbocycles. The van der Waals surface area contributed by atoms with Gasteiger partial charge in [-0.3, -0.25) is 24.6 Å². The van der Waals surface area contributed by atoms with E-state index in [1.165, 1.54) is 4.90 Å². The number of fused-ring (bicyclic) bond motifs is 1. The molecule has 2 saturated heterocycles. The number of nitrogens with zero attached hydrogens (tertiary/aromatic N) is 2. The lowest BCUT2D eigenvalue weighted by Crippen LogP contribution is -2.52. The Bertz CT molecular complexity index is 1140. The van der Waals surface area contributed by atoms with Crippen molar-refractivity contribution < 1.29 is 26.6 Å². The Kier molecular flexibility index (Phi) is 5.44. The lowest BCUT2D eigenvalue weighted by Gasteiger charge is -2.29. The van der Waals surface area contributed by atoms with Crippen molar-refractivity contribution in [3.63, 3.8) is 0 Å². The Morgan fingerprint density at radius 3 is 2.76 bits per heavy atom. The van der Waals surface area contributed by atoms with Crippen LogP contribution in [-0.4, -0.2) is 59.8 Å². The topological polar surface area (TPSA) is 88.2 Å². The number of nitrogens with one attached hydrogen (secondary N) is 1. The third-order valence-corrected chi connectivity index (χ3v) is 6.20. The molecule has 3 heterocycles. The van der Waals surface area contributed by atoms with E-state index < -0.39 is 25.1 Å². The molecule has 3 aliphatic rings. The zero-order valence-electron chi connectivity index (χ0n) is 20.2. The van der Waals surface area contributed by atoms with Crippen LogP contribution >= 0.6 is 0 Å². The molecule has 3 unspecified atom stereocenters. The van der Waals surface area contributed by atoms with Crippen molar-refractivity contribution in [1.29, 1.82) is 0 Å². The number of benzene rings is 2. The van der Waals surface area contributed by atoms with Crippen molar-refractivity contribution in [2.75, 3.05) is 26.3 Å². The molecule has 0 saturated carbocycles. The predicted octanol–water partition coefficient (Wildman–Crippen LogP) is 1.86. The van der Waals surface area contributed by atoms with Gasteiger partial charge in [-0.2, -0.15) is 0 Å². The third kappa shape index (κ3) is 4.62. The summed E-state index contributed by atoms with van der Waals surface area (Å²) in [5.41, 5.74) is 3.27. The van der Waals surface area contributed by atoms with E-state index in [0.29, 0.717) is 37.4 Å². The van der Waals surface area contributed by atoms with E-state index in [1.807, 2.05) is 35.2 Å². The molecule has 0 spiro atoms. The van der Waals surface area contributed by atoms with Gasteiger partial charge in [-0.05, 0) is 29.7 Å². The molecule has 5 rings (SSSR count). The molecule has 2 aromatic carbocycles. The van der Waals surface area contributed by atoms with Gasteiger partial charge in [0.1, 0.15) is 18.4 Å². The average Bonchev–Trinajstić information content (AvgIpc) is 3.18. The van der Waals surface area contributed by atoms with Gasteiger partial charge in [-0.15, -0.1) is 0 Å². The Morgan fingerprint density at radius 1 is 1.12 bits per heavy atom. The quantitative estimate of drug-likeness (QED) is 0.675. The van der Waals surface area contributed by atoms with Crippen molar-refractivity contribution in [1.82, 2.24) is 15.1 Å². The number of hydrogen-bond donors (Lipinski definition) is 1. The highest BCUT2D eigenvalue weighted by molar-refractivity contribution is 6.05. The van der Waals surface area contributed by atoms with Crippen LogP contribution in [0.4, 0.5) is 0 Å². The number of rotatable bonds is 6. The van der Waals surface area contributed by atoms with Gasteiger partial charge in [0.25, 0.3) is 5.91 Å². The molecule has 3 atom stereocenters. The third-order valence-electron chi connectivity index (χ3n) is 6.20. The molecule has 172 valence electrons. The summed E-state index contributed by atoms with van der Waals surface area (Å²) in [7, 11) is 0. The number of hydrogen-bond acceptors (Lipinski definition) is 6. The van der Waals surface area contributed by atoms with E-state index in [4.69, 9.17) is 12.2 Å². The molecule has 2 fully saturated rings. The van der Waals surface area contributed by atoms with E-state index >= 15 is 0 Å². The monoisotopic (exact) mass is 451 g/mol. The smallest absolute Gasteiger partial charge is 0.255 e. The second-order valence-corrected chi connectivity index (χ2v) is 8.40. The van der Waals surface area contributed by atoms with Crippen LogP contribution in [0.15, 0.2) is 42.5 Å². The van der Waals surface area contributed by atoms with Crippen LogP contribution in [-0.2, 0) is 34.0 Å². The van der Waals surface area contributed by atoms with Gasteiger partial charge in [-0.1, -0.05) is 30.3 Å². The van der Waals surface area contributed by atoms with E-state index in [0.717, 1.165) is 16.7 Å². The number of imide groups is 1. The van der Waals surface area contributed by atoms with Gasteiger partial charge < -0.3 is 14.4 Å². The summed E-state index contributed by atoms with van der Waals surface area (Å²) in [6, 6.07) is 12.6. The standard InChI is InChI=1S/C25H27N3O5/c29-23-9-8-21(24(30)26-23)28-15-20-19(25(28)31)2-1-3-22(20)33-16-18-6-4-17(5-7-18)14-27-10-12-32-13-11-27/h1-7,21H,8-16H2,(H,26,29,30)/i10D,13D. The molecule has 0 aromatic heterocycles. The van der Waals surface area contributed by atoms with E-state index in [-0.39, 0.29) is 31.4 Å². The summed E-state index contributed by atoms with van der Waals surface area (Å²) in [6.45, 7) is 0.727. The number of ether oxygens (including phenoxy) is 2. The maximum atomic E-state index is 13.0. The molecular formula is C25H27N3O5. The molecule has 3 aliphatic heterocycles. The summed E-state index contributed by atoms with van der Waals surface area (Å²) >= 11 is 0. The first-order chi connectivity index (χ1) is 16.9. The number of morpholine rings is 1. The van der Waals surface area contributed by atoms with Gasteiger partial charge in [0, 0.05) is 38.5 Å². The molecule has 0 radical (unpaired) electrons. The molecule has 0 bridgehead atoms. The maximum Gasteiger partial charge on any atom is 0.255 e. The van der Waals surface area contributed by atoms with Gasteiger partial charge in [-0.25, -0.2) is 0 Å². The number of amides is 3. The van der Waals surface area contributed by atoms with Crippen molar-refractivity contribution in [2.24, 2.45) is 0 Å². The number of carbonyl (C=O) groups is 3. The van der Waals surface area contributed by atoms with Crippen LogP contribution in [0.2, 0.25) is 0 Å². The molecule has 3 amide bonds. The fourth-order valence-electron chi connectivity index (χ4n) is 4.40. The van der Waals surface area contributed by atoms with Crippen molar-refractivity contribution >= 4 is 17.7 Å². The summed E-state index contributed by atoms with van der Waals surface area (Å²) in [4.78, 5) is 40.2. The minimum absolute atomic E-state index is 0.216. The van der Waals surface area contributed by atoms with Crippen molar-refractivity contribution in [3.8, 4) is 5.75 Å². The SMILES string of the molecule is [2H]C1CN(Cc2ccc(COc3cccc4c3CN(C3CCC(=O)NC3=O)C4=O)cc2)C([2H])CO1. The van der Waals surface area contributed by atoms with Gasteiger partial charge in [0.15, 0.2) is 0 Å². The van der Waals surface area contributed by atoms with E-state index in [2.05, 4.69) is 5.32 Å². The fourth-order valence-corrected chi connectivity index (χ4v) is 4.40. The lowest BCUT2D eigenvalue weighted by atomic mass is 10.0. The van der Waals surface area contributed by atoms with E-state index in [1.54, 1.807) is 12.1 Å². The zero-order valence-corrected chi connectivity index (χ0v) is 18.2. The Balaban J connectivity index is 1.22. The van der Waals surface area contributed by atoms with Crippen LogP contribution in [0.5, 0.6) is 5.75 Å². The largest absolute Gasteiger partial charge is 0.489 e. The molecule has 2 aromatic rings. The normalized spacial score (nSPS) is 26.5. The number of piperidine rings is 1. The van der Waals surface area contributed by atoms with Crippen LogP contribution in [0, 0.1) is 0 Å². The maximum absolute atomic E-state index is 13.0. The first-order valence-corrected chi connectivity index (χ1v) is 11.1. The lowest BCUT2D eigenvalue weighted by molar-refractivity contribution is -0.136. The molecule has 1 N–H and O–H groups in total. The van der Waals surface area contributed by atoms with Gasteiger partial charge in [0.2, 0.25) is 11.8 Å². The highest BCUT2D eigenvalue weighted by atomic mass is 16.5. The Labute approximate surface area is 195 Å². The first kappa shape index (κ1) is 19.3. The minimum Gasteiger partial charge on any atom is -0.489 e. The van der Waals surface area contributed by atoms with Crippen molar-refractivity contribution in [2.45, 2.75) is 38.6 Å². The predicted molar refractivity (Wildman–Crippen MR) is 119 cm³/mol. The van der Waals surface area contributed by atoms with Gasteiger partial charge in [0.05, 0.1) is 21.1 Å². The van der Waals surface area contributed by atoms with Crippen LogP contribution in [0.1, 0.15) is 42.6 Å². The van der Waals surface area contributed by atoms with Gasteiger partial charge >= 0.3 is 0 Å². The molecular weight excluding hydrogens is 422 g/mol. The zero-order chi connectivity index (χ0) is 24.5. The average molecular weight is 452 g/mol. The van der Waals surface area contributed by atoms with Crippen LogP contribution in [0.3, 0.4) is 0 Å². The Morgan fingerprint density at radius 2 is 1.94 bits per heavy atom. The highest BCUT2D eigenvalue weighted by Gasteiger charge is 2.40. The van der Waals surface area contributed by atoms with Crippen molar-refractivity contribution in [3.05, 3.63) is 64.7 Å². The number of carbonyl (C=O) groups excluding carboxylic acids is 3. The van der Waals surface area contributed by atoms with Crippen LogP contribution in [0.25, 0.3) is 0 Å². The molecule has 8 heteroatoms.